The summed E-state index contributed by atoms with van der Waals surface area (Å²) in [5.74, 6) is 0. The highest BCUT2D eigenvalue weighted by atomic mass is 32.2. The zero-order chi connectivity index (χ0) is 15.5. The molecule has 0 aliphatic carbocycles. The van der Waals surface area contributed by atoms with Crippen molar-refractivity contribution in [1.29, 1.82) is 0 Å². The van der Waals surface area contributed by atoms with E-state index in [4.69, 9.17) is 5.14 Å². The molecule has 2 heterocycles. The smallest absolute Gasteiger partial charge is 0.139 e. The van der Waals surface area contributed by atoms with Crippen LogP contribution in [0, 0.1) is 0 Å². The van der Waals surface area contributed by atoms with E-state index in [1.807, 2.05) is 45.4 Å². The van der Waals surface area contributed by atoms with Crippen molar-refractivity contribution in [2.45, 2.75) is 37.9 Å². The van der Waals surface area contributed by atoms with Crippen molar-refractivity contribution < 1.29 is 4.55 Å². The molecule has 21 heavy (non-hydrogen) atoms. The first-order valence-electron chi connectivity index (χ1n) is 6.86. The van der Waals surface area contributed by atoms with E-state index in [1.54, 1.807) is 4.68 Å². The third kappa shape index (κ3) is 4.26. The minimum Gasteiger partial charge on any atom is -0.598 e. The lowest BCUT2D eigenvalue weighted by molar-refractivity contribution is 0.516. The molecular formula is C14H21N5OS. The average molecular weight is 307 g/mol. The van der Waals surface area contributed by atoms with Gasteiger partial charge in [0.1, 0.15) is 10.4 Å². The molecule has 1 atom stereocenters. The van der Waals surface area contributed by atoms with Gasteiger partial charge in [-0.1, -0.05) is 11.3 Å². The summed E-state index contributed by atoms with van der Waals surface area (Å²) >= 11 is -1.29. The second-order valence-corrected chi connectivity index (χ2v) is 7.44. The molecular weight excluding hydrogens is 286 g/mol. The van der Waals surface area contributed by atoms with Crippen LogP contribution >= 0.6 is 0 Å². The van der Waals surface area contributed by atoms with Crippen molar-refractivity contribution in [1.82, 2.24) is 20.0 Å². The predicted molar refractivity (Wildman–Crippen MR) is 83.6 cm³/mol. The van der Waals surface area contributed by atoms with Crippen LogP contribution in [0.3, 0.4) is 0 Å². The summed E-state index contributed by atoms with van der Waals surface area (Å²) in [5.41, 5.74) is 2.74. The van der Waals surface area contributed by atoms with Crippen molar-refractivity contribution in [3.63, 3.8) is 0 Å². The molecule has 0 fully saturated rings. The van der Waals surface area contributed by atoms with Crippen LogP contribution in [0.1, 0.15) is 32.3 Å². The van der Waals surface area contributed by atoms with Gasteiger partial charge in [-0.3, -0.25) is 9.67 Å². The molecule has 6 nitrogen and oxygen atoms in total. The van der Waals surface area contributed by atoms with Gasteiger partial charge in [-0.25, -0.2) is 0 Å². The van der Waals surface area contributed by atoms with Crippen molar-refractivity contribution in [2.75, 3.05) is 0 Å². The Balaban J connectivity index is 1.91. The minimum atomic E-state index is -1.29. The molecule has 0 radical (unpaired) electrons. The van der Waals surface area contributed by atoms with Crippen LogP contribution in [-0.4, -0.2) is 29.3 Å². The molecule has 2 rings (SSSR count). The summed E-state index contributed by atoms with van der Waals surface area (Å²) in [4.78, 5) is 4.41. The molecule has 2 N–H and O–H groups in total. The summed E-state index contributed by atoms with van der Waals surface area (Å²) in [5, 5.41) is 13.4. The highest BCUT2D eigenvalue weighted by Crippen LogP contribution is 2.21. The van der Waals surface area contributed by atoms with Gasteiger partial charge < -0.3 is 4.55 Å². The number of nitrogens with zero attached hydrogens (tertiary/aromatic N) is 4. The molecule has 0 saturated carbocycles. The minimum absolute atomic E-state index is 0.340. The van der Waals surface area contributed by atoms with Crippen LogP contribution in [0.5, 0.6) is 0 Å². The summed E-state index contributed by atoms with van der Waals surface area (Å²) in [6.07, 6.45) is 6.34. The molecule has 2 aromatic heterocycles. The monoisotopic (exact) mass is 307 g/mol. The predicted octanol–water partition coefficient (Wildman–Crippen LogP) is 1.60. The fraction of sp³-hybridized carbons (Fsp3) is 0.500. The zero-order valence-electron chi connectivity index (χ0n) is 12.6. The van der Waals surface area contributed by atoms with Gasteiger partial charge in [0.05, 0.1) is 11.9 Å². The Morgan fingerprint density at radius 2 is 2.10 bits per heavy atom. The van der Waals surface area contributed by atoms with Gasteiger partial charge in [-0.05, 0) is 44.7 Å². The standard InChI is InChI=1S/C14H21N5OS/c1-14(2,21(15)20)8-4-5-11-6-7-12(16-9-11)13-10-19(3)18-17-13/h6-7,9-10H,4-5,8,15H2,1-3H3/t21-/m1/s1. The van der Waals surface area contributed by atoms with E-state index in [0.29, 0.717) is 0 Å². The van der Waals surface area contributed by atoms with E-state index in [2.05, 4.69) is 15.3 Å². The molecule has 0 spiro atoms. The SMILES string of the molecule is Cn1cc(-c2ccc(CCCC(C)(C)[S@+](N)[O-])cn2)nn1. The van der Waals surface area contributed by atoms with E-state index in [9.17, 15) is 4.55 Å². The van der Waals surface area contributed by atoms with Gasteiger partial charge >= 0.3 is 0 Å². The third-order valence-corrected chi connectivity index (χ3v) is 4.77. The van der Waals surface area contributed by atoms with E-state index in [0.717, 1.165) is 36.2 Å². The molecule has 0 aliphatic heterocycles. The van der Waals surface area contributed by atoms with Crippen molar-refractivity contribution in [3.8, 4) is 11.4 Å². The second kappa shape index (κ2) is 6.55. The number of rotatable bonds is 6. The van der Waals surface area contributed by atoms with Crippen LogP contribution < -0.4 is 5.14 Å². The maximum atomic E-state index is 11.4. The van der Waals surface area contributed by atoms with Gasteiger partial charge in [-0.2, -0.15) is 5.14 Å². The molecule has 0 saturated heterocycles. The maximum absolute atomic E-state index is 11.4. The van der Waals surface area contributed by atoms with Crippen LogP contribution in [0.4, 0.5) is 0 Å². The van der Waals surface area contributed by atoms with E-state index in [1.165, 1.54) is 0 Å². The quantitative estimate of drug-likeness (QED) is 0.818. The summed E-state index contributed by atoms with van der Waals surface area (Å²) in [6.45, 7) is 3.86. The van der Waals surface area contributed by atoms with E-state index in [-0.39, 0.29) is 4.75 Å². The Kier molecular flexibility index (Phi) is 4.97. The molecule has 2 aromatic rings. The van der Waals surface area contributed by atoms with Crippen LogP contribution in [0.25, 0.3) is 11.4 Å². The third-order valence-electron chi connectivity index (χ3n) is 3.48. The van der Waals surface area contributed by atoms with Crippen LogP contribution in [0.15, 0.2) is 24.5 Å². The Hall–Kier alpha value is -1.44. The normalized spacial score (nSPS) is 13.4. The lowest BCUT2D eigenvalue weighted by Gasteiger charge is -2.23. The van der Waals surface area contributed by atoms with Gasteiger partial charge in [0.2, 0.25) is 0 Å². The largest absolute Gasteiger partial charge is 0.598 e. The molecule has 0 unspecified atom stereocenters. The highest BCUT2D eigenvalue weighted by molar-refractivity contribution is 7.90. The zero-order valence-corrected chi connectivity index (χ0v) is 13.4. The molecule has 114 valence electrons. The number of pyridine rings is 1. The van der Waals surface area contributed by atoms with Gasteiger partial charge in [0.15, 0.2) is 0 Å². The highest BCUT2D eigenvalue weighted by Gasteiger charge is 2.28. The van der Waals surface area contributed by atoms with Crippen LogP contribution in [0.2, 0.25) is 0 Å². The lowest BCUT2D eigenvalue weighted by atomic mass is 10.0. The van der Waals surface area contributed by atoms with Crippen LogP contribution in [-0.2, 0) is 24.8 Å². The summed E-state index contributed by atoms with van der Waals surface area (Å²) in [6, 6.07) is 4.00. The fourth-order valence-electron chi connectivity index (χ4n) is 2.01. The number of aryl methyl sites for hydroxylation is 2. The van der Waals surface area contributed by atoms with Gasteiger partial charge in [0, 0.05) is 24.6 Å². The number of hydrogen-bond donors (Lipinski definition) is 1. The first-order chi connectivity index (χ1) is 9.88. The Morgan fingerprint density at radius 1 is 1.33 bits per heavy atom. The molecule has 0 aromatic carbocycles. The number of aromatic nitrogens is 4. The molecule has 7 heteroatoms. The summed E-state index contributed by atoms with van der Waals surface area (Å²) < 4.78 is 12.7. The molecule has 0 bridgehead atoms. The fourth-order valence-corrected chi connectivity index (χ4v) is 2.35. The topological polar surface area (TPSA) is 92.7 Å². The summed E-state index contributed by atoms with van der Waals surface area (Å²) in [7, 11) is 1.83. The average Bonchev–Trinajstić information content (AvgIpc) is 2.86. The first kappa shape index (κ1) is 15.9. The number of nitrogens with two attached hydrogens (primary N) is 1. The molecule has 0 aliphatic rings. The number of hydrogen-bond acceptors (Lipinski definition) is 5. The Labute approximate surface area is 128 Å². The van der Waals surface area contributed by atoms with Crippen molar-refractivity contribution in [3.05, 3.63) is 30.1 Å². The van der Waals surface area contributed by atoms with Crippen molar-refractivity contribution >= 4 is 11.4 Å². The lowest BCUT2D eigenvalue weighted by Crippen LogP contribution is -2.37. The Morgan fingerprint density at radius 3 is 2.62 bits per heavy atom. The first-order valence-corrected chi connectivity index (χ1v) is 8.08. The van der Waals surface area contributed by atoms with E-state index < -0.39 is 11.4 Å². The molecule has 0 amide bonds. The van der Waals surface area contributed by atoms with Gasteiger partial charge in [-0.15, -0.1) is 5.10 Å². The van der Waals surface area contributed by atoms with E-state index >= 15 is 0 Å². The maximum Gasteiger partial charge on any atom is 0.139 e. The van der Waals surface area contributed by atoms with Gasteiger partial charge in [0.25, 0.3) is 0 Å². The Bertz CT molecular complexity index is 579. The van der Waals surface area contributed by atoms with Crippen molar-refractivity contribution in [2.24, 2.45) is 12.2 Å². The second-order valence-electron chi connectivity index (χ2n) is 5.74.